The second-order valence-electron chi connectivity index (χ2n) is 3.66. The molecule has 0 fully saturated rings. The third-order valence-electron chi connectivity index (χ3n) is 2.24. The van der Waals surface area contributed by atoms with E-state index < -0.39 is 11.9 Å². The van der Waals surface area contributed by atoms with Crippen molar-refractivity contribution in [2.45, 2.75) is 6.42 Å². The number of nitrogens with one attached hydrogen (secondary N) is 1. The first-order chi connectivity index (χ1) is 8.65. The highest BCUT2D eigenvalue weighted by molar-refractivity contribution is 6.02. The number of furan rings is 1. The molecule has 0 saturated heterocycles. The molecular formula is C13H11NO4. The van der Waals surface area contributed by atoms with Gasteiger partial charge in [0.25, 0.3) is 5.91 Å². The number of aliphatic carboxylic acids is 1. The van der Waals surface area contributed by atoms with Gasteiger partial charge >= 0.3 is 5.97 Å². The summed E-state index contributed by atoms with van der Waals surface area (Å²) < 4.78 is 5.14. The quantitative estimate of drug-likeness (QED) is 0.865. The van der Waals surface area contributed by atoms with E-state index in [1.807, 2.05) is 6.07 Å². The Morgan fingerprint density at radius 3 is 2.50 bits per heavy atom. The van der Waals surface area contributed by atoms with Crippen LogP contribution in [-0.2, 0) is 11.2 Å². The minimum atomic E-state index is -1.00. The molecule has 0 spiro atoms. The lowest BCUT2D eigenvalue weighted by Crippen LogP contribution is -2.10. The molecule has 0 aliphatic rings. The molecule has 2 rings (SSSR count). The Kier molecular flexibility index (Phi) is 3.43. The molecule has 0 bridgehead atoms. The first kappa shape index (κ1) is 11.9. The van der Waals surface area contributed by atoms with E-state index in [1.54, 1.807) is 24.3 Å². The number of amides is 1. The van der Waals surface area contributed by atoms with Crippen LogP contribution in [0.4, 0.5) is 5.69 Å². The zero-order valence-corrected chi connectivity index (χ0v) is 9.42. The SMILES string of the molecule is O=C(O)Cc1ccc(C(=O)Nc2ccccc2)o1. The average Bonchev–Trinajstić information content (AvgIpc) is 2.78. The first-order valence-electron chi connectivity index (χ1n) is 5.32. The Balaban J connectivity index is 2.05. The smallest absolute Gasteiger partial charge is 0.311 e. The normalized spacial score (nSPS) is 10.0. The summed E-state index contributed by atoms with van der Waals surface area (Å²) in [5.74, 6) is -1.06. The van der Waals surface area contributed by atoms with Crippen molar-refractivity contribution in [1.29, 1.82) is 0 Å². The molecule has 1 aromatic heterocycles. The lowest BCUT2D eigenvalue weighted by atomic mass is 10.3. The van der Waals surface area contributed by atoms with E-state index in [9.17, 15) is 9.59 Å². The van der Waals surface area contributed by atoms with Gasteiger partial charge in [-0.2, -0.15) is 0 Å². The fourth-order valence-electron chi connectivity index (χ4n) is 1.46. The highest BCUT2D eigenvalue weighted by atomic mass is 16.4. The van der Waals surface area contributed by atoms with Crippen molar-refractivity contribution >= 4 is 17.6 Å². The minimum Gasteiger partial charge on any atom is -0.481 e. The van der Waals surface area contributed by atoms with E-state index in [1.165, 1.54) is 12.1 Å². The van der Waals surface area contributed by atoms with Crippen LogP contribution in [0.1, 0.15) is 16.3 Å². The molecule has 0 unspecified atom stereocenters. The van der Waals surface area contributed by atoms with Crippen molar-refractivity contribution < 1.29 is 19.1 Å². The topological polar surface area (TPSA) is 79.5 Å². The van der Waals surface area contributed by atoms with Crippen molar-refractivity contribution in [3.63, 3.8) is 0 Å². The van der Waals surface area contributed by atoms with Crippen LogP contribution in [0.25, 0.3) is 0 Å². The van der Waals surface area contributed by atoms with Gasteiger partial charge in [0.1, 0.15) is 12.2 Å². The molecule has 2 aromatic rings. The third-order valence-corrected chi connectivity index (χ3v) is 2.24. The van der Waals surface area contributed by atoms with Gasteiger partial charge in [0.05, 0.1) is 0 Å². The highest BCUT2D eigenvalue weighted by Crippen LogP contribution is 2.12. The number of rotatable bonds is 4. The van der Waals surface area contributed by atoms with Crippen LogP contribution in [0, 0.1) is 0 Å². The molecule has 0 atom stereocenters. The van der Waals surface area contributed by atoms with Gasteiger partial charge < -0.3 is 14.8 Å². The van der Waals surface area contributed by atoms with E-state index in [-0.39, 0.29) is 17.9 Å². The zero-order chi connectivity index (χ0) is 13.0. The Morgan fingerprint density at radius 2 is 1.83 bits per heavy atom. The number of anilines is 1. The number of carbonyl (C=O) groups excluding carboxylic acids is 1. The van der Waals surface area contributed by atoms with Crippen LogP contribution in [0.15, 0.2) is 46.9 Å². The van der Waals surface area contributed by atoms with Crippen LogP contribution in [0.5, 0.6) is 0 Å². The predicted molar refractivity (Wildman–Crippen MR) is 64.4 cm³/mol. The lowest BCUT2D eigenvalue weighted by Gasteiger charge is -2.01. The Labute approximate surface area is 103 Å². The maximum atomic E-state index is 11.8. The number of para-hydroxylation sites is 1. The molecule has 5 heteroatoms. The summed E-state index contributed by atoms with van der Waals surface area (Å²) in [6.07, 6.45) is -0.237. The van der Waals surface area contributed by atoms with Crippen molar-refractivity contribution in [1.82, 2.24) is 0 Å². The Bertz CT molecular complexity index is 559. The van der Waals surface area contributed by atoms with E-state index in [0.717, 1.165) is 0 Å². The molecule has 1 amide bonds. The minimum absolute atomic E-state index is 0.0927. The highest BCUT2D eigenvalue weighted by Gasteiger charge is 2.12. The van der Waals surface area contributed by atoms with Crippen LogP contribution in [0.3, 0.4) is 0 Å². The second-order valence-corrected chi connectivity index (χ2v) is 3.66. The number of benzene rings is 1. The maximum absolute atomic E-state index is 11.8. The summed E-state index contributed by atoms with van der Waals surface area (Å²) in [6.45, 7) is 0. The summed E-state index contributed by atoms with van der Waals surface area (Å²) in [7, 11) is 0. The fourth-order valence-corrected chi connectivity index (χ4v) is 1.46. The van der Waals surface area contributed by atoms with E-state index in [4.69, 9.17) is 9.52 Å². The van der Waals surface area contributed by atoms with Crippen LogP contribution in [0.2, 0.25) is 0 Å². The van der Waals surface area contributed by atoms with E-state index in [0.29, 0.717) is 5.69 Å². The molecule has 0 aliphatic carbocycles. The summed E-state index contributed by atoms with van der Waals surface area (Å²) in [5.41, 5.74) is 0.652. The summed E-state index contributed by atoms with van der Waals surface area (Å²) in [5, 5.41) is 11.2. The average molecular weight is 245 g/mol. The number of carboxylic acids is 1. The van der Waals surface area contributed by atoms with Gasteiger partial charge in [-0.3, -0.25) is 9.59 Å². The molecule has 0 saturated carbocycles. The molecule has 18 heavy (non-hydrogen) atoms. The van der Waals surface area contributed by atoms with E-state index in [2.05, 4.69) is 5.32 Å². The summed E-state index contributed by atoms with van der Waals surface area (Å²) >= 11 is 0. The van der Waals surface area contributed by atoms with Gasteiger partial charge in [0.15, 0.2) is 5.76 Å². The molecule has 1 heterocycles. The molecular weight excluding hydrogens is 234 g/mol. The molecule has 1 aromatic carbocycles. The first-order valence-corrected chi connectivity index (χ1v) is 5.32. The number of hydrogen-bond acceptors (Lipinski definition) is 3. The Hall–Kier alpha value is -2.56. The summed E-state index contributed by atoms with van der Waals surface area (Å²) in [4.78, 5) is 22.2. The fraction of sp³-hybridized carbons (Fsp3) is 0.0769. The molecule has 0 aliphatic heterocycles. The van der Waals surface area contributed by atoms with Crippen LogP contribution in [-0.4, -0.2) is 17.0 Å². The van der Waals surface area contributed by atoms with Gasteiger partial charge in [0, 0.05) is 5.69 Å². The molecule has 92 valence electrons. The second kappa shape index (κ2) is 5.18. The van der Waals surface area contributed by atoms with Gasteiger partial charge in [-0.15, -0.1) is 0 Å². The van der Waals surface area contributed by atoms with Gasteiger partial charge in [-0.1, -0.05) is 18.2 Å². The van der Waals surface area contributed by atoms with Gasteiger partial charge in [-0.25, -0.2) is 0 Å². The monoisotopic (exact) mass is 245 g/mol. The zero-order valence-electron chi connectivity index (χ0n) is 9.42. The number of carbonyl (C=O) groups is 2. The van der Waals surface area contributed by atoms with Crippen molar-refractivity contribution in [3.8, 4) is 0 Å². The molecule has 5 nitrogen and oxygen atoms in total. The van der Waals surface area contributed by atoms with Crippen LogP contribution >= 0.6 is 0 Å². The van der Waals surface area contributed by atoms with Crippen molar-refractivity contribution in [2.24, 2.45) is 0 Å². The number of carboxylic acid groups (broad SMARTS) is 1. The standard InChI is InChI=1S/C13H11NO4/c15-12(16)8-10-6-7-11(18-10)13(17)14-9-4-2-1-3-5-9/h1-7H,8H2,(H,14,17)(H,15,16). The van der Waals surface area contributed by atoms with Crippen molar-refractivity contribution in [3.05, 3.63) is 54.0 Å². The third kappa shape index (κ3) is 2.98. The molecule has 2 N–H and O–H groups in total. The van der Waals surface area contributed by atoms with E-state index >= 15 is 0 Å². The maximum Gasteiger partial charge on any atom is 0.311 e. The predicted octanol–water partition coefficient (Wildman–Crippen LogP) is 2.16. The number of hydrogen-bond donors (Lipinski definition) is 2. The lowest BCUT2D eigenvalue weighted by molar-refractivity contribution is -0.136. The van der Waals surface area contributed by atoms with Crippen LogP contribution < -0.4 is 5.32 Å². The molecule has 0 radical (unpaired) electrons. The van der Waals surface area contributed by atoms with Gasteiger partial charge in [-0.05, 0) is 24.3 Å². The largest absolute Gasteiger partial charge is 0.481 e. The van der Waals surface area contributed by atoms with Crippen molar-refractivity contribution in [2.75, 3.05) is 5.32 Å². The Morgan fingerprint density at radius 1 is 1.11 bits per heavy atom. The van der Waals surface area contributed by atoms with Gasteiger partial charge in [0.2, 0.25) is 0 Å². The summed E-state index contributed by atoms with van der Waals surface area (Å²) in [6, 6.07) is 11.9.